The zero-order valence-electron chi connectivity index (χ0n) is 23.8. The first-order valence-corrected chi connectivity index (χ1v) is 13.2. The van der Waals surface area contributed by atoms with E-state index in [-0.39, 0.29) is 5.91 Å². The lowest BCUT2D eigenvalue weighted by molar-refractivity contribution is -0.114. The van der Waals surface area contributed by atoms with Crippen LogP contribution in [0.3, 0.4) is 0 Å². The molecule has 210 valence electrons. The molecule has 6 aromatic rings. The lowest BCUT2D eigenvalue weighted by atomic mass is 10.1. The van der Waals surface area contributed by atoms with Gasteiger partial charge in [0.05, 0.1) is 29.0 Å². The molecule has 0 aliphatic rings. The summed E-state index contributed by atoms with van der Waals surface area (Å²) in [5.74, 6) is -0.145. The number of fused-ring (bicyclic) bond motifs is 2. The molecule has 5 aromatic heterocycles. The zero-order chi connectivity index (χ0) is 29.9. The molecule has 0 radical (unpaired) electrons. The molecule has 6 rings (SSSR count). The average Bonchev–Trinajstić information content (AvgIpc) is 3.62. The third-order valence-corrected chi connectivity index (χ3v) is 5.93. The van der Waals surface area contributed by atoms with Crippen LogP contribution in [-0.2, 0) is 4.79 Å². The second kappa shape index (κ2) is 14.1. The number of nitrogens with zero attached hydrogens (tertiary/aromatic N) is 5. The Kier molecular flexibility index (Phi) is 9.82. The van der Waals surface area contributed by atoms with Gasteiger partial charge in [0, 0.05) is 64.7 Å². The van der Waals surface area contributed by atoms with E-state index in [1.54, 1.807) is 37.1 Å². The molecule has 0 aliphatic heterocycles. The van der Waals surface area contributed by atoms with Crippen LogP contribution in [0.1, 0.15) is 20.8 Å². The van der Waals surface area contributed by atoms with Crippen molar-refractivity contribution >= 4 is 40.2 Å². The molecule has 1 aromatic carbocycles. The molecule has 9 nitrogen and oxygen atoms in total. The Morgan fingerprint density at radius 3 is 2.48 bits per heavy atom. The van der Waals surface area contributed by atoms with E-state index in [0.717, 1.165) is 50.1 Å². The number of hydrogen-bond donors (Lipinski definition) is 3. The molecule has 3 N–H and O–H groups in total. The van der Waals surface area contributed by atoms with E-state index in [4.69, 9.17) is 0 Å². The minimum Gasteiger partial charge on any atom is -0.353 e. The van der Waals surface area contributed by atoms with Crippen molar-refractivity contribution in [2.45, 2.75) is 20.8 Å². The number of pyridine rings is 3. The van der Waals surface area contributed by atoms with Gasteiger partial charge in [0.2, 0.25) is 5.91 Å². The first-order chi connectivity index (χ1) is 20.5. The topological polar surface area (TPSA) is 125 Å². The van der Waals surface area contributed by atoms with Crippen molar-refractivity contribution in [3.8, 4) is 33.8 Å². The van der Waals surface area contributed by atoms with Crippen molar-refractivity contribution in [2.75, 3.05) is 5.32 Å². The molecule has 0 bridgehead atoms. The number of aromatic nitrogens is 6. The van der Waals surface area contributed by atoms with Crippen molar-refractivity contribution in [3.63, 3.8) is 0 Å². The van der Waals surface area contributed by atoms with Crippen LogP contribution < -0.4 is 5.32 Å². The van der Waals surface area contributed by atoms with E-state index < -0.39 is 0 Å². The van der Waals surface area contributed by atoms with E-state index in [1.165, 1.54) is 6.92 Å². The fourth-order valence-electron chi connectivity index (χ4n) is 4.27. The third-order valence-electron chi connectivity index (χ3n) is 5.93. The molecule has 0 fully saturated rings. The SMILES string of the molecule is C=CC.C=N/C=C\C.CC(=O)Nc1cncc(-c2cnc3n[nH]c(-c4cc5c(-c6ccccn6)cccc5[nH]4)c3c2)c1. The number of rotatable bonds is 5. The van der Waals surface area contributed by atoms with Crippen LogP contribution in [-0.4, -0.2) is 42.8 Å². The van der Waals surface area contributed by atoms with Gasteiger partial charge >= 0.3 is 0 Å². The first kappa shape index (κ1) is 29.3. The summed E-state index contributed by atoms with van der Waals surface area (Å²) in [5, 5.41) is 12.3. The standard InChI is InChI=1S/C26H19N7O.C4H7N.C3H6/c1-15(34)30-18-9-16(12-27-14-18)17-10-21-25(32-33-26(21)29-13-17)24-11-20-19(5-4-7-23(20)31-24)22-6-2-3-8-28-22;1-3-4-5-2;1-3-2/h2-14,31H,1H3,(H,30,34)(H,29,32,33);3-4H,2H2,1H3;3H,1H2,2H3/b;4-3-;. The minimum absolute atomic E-state index is 0.145. The van der Waals surface area contributed by atoms with Crippen molar-refractivity contribution < 1.29 is 4.79 Å². The number of H-pyrrole nitrogens is 2. The molecule has 0 unspecified atom stereocenters. The second-order valence-corrected chi connectivity index (χ2v) is 9.08. The number of allylic oxidation sites excluding steroid dienone is 2. The molecule has 42 heavy (non-hydrogen) atoms. The molecular weight excluding hydrogens is 524 g/mol. The van der Waals surface area contributed by atoms with E-state index in [9.17, 15) is 4.79 Å². The number of amides is 1. The Morgan fingerprint density at radius 2 is 1.79 bits per heavy atom. The second-order valence-electron chi connectivity index (χ2n) is 9.08. The summed E-state index contributed by atoms with van der Waals surface area (Å²) < 4.78 is 0. The molecule has 0 saturated carbocycles. The molecule has 9 heteroatoms. The summed E-state index contributed by atoms with van der Waals surface area (Å²) in [6, 6.07) is 18.1. The summed E-state index contributed by atoms with van der Waals surface area (Å²) in [6.07, 6.45) is 12.1. The van der Waals surface area contributed by atoms with E-state index in [0.29, 0.717) is 11.3 Å². The van der Waals surface area contributed by atoms with Gasteiger partial charge in [0.15, 0.2) is 5.65 Å². The Labute approximate surface area is 244 Å². The lowest BCUT2D eigenvalue weighted by Gasteiger charge is -2.05. The number of hydrogen-bond acceptors (Lipinski definition) is 6. The van der Waals surface area contributed by atoms with Crippen LogP contribution in [0.15, 0.2) is 109 Å². The molecule has 1 amide bonds. The third kappa shape index (κ3) is 6.89. The number of nitrogens with one attached hydrogen (secondary N) is 3. The van der Waals surface area contributed by atoms with Crippen LogP contribution in [0.25, 0.3) is 55.7 Å². The van der Waals surface area contributed by atoms with Gasteiger partial charge in [-0.2, -0.15) is 5.10 Å². The van der Waals surface area contributed by atoms with Crippen molar-refractivity contribution in [1.29, 1.82) is 0 Å². The highest BCUT2D eigenvalue weighted by Gasteiger charge is 2.15. The number of aromatic amines is 2. The molecule has 5 heterocycles. The fraction of sp³-hybridized carbons (Fsp3) is 0.0909. The summed E-state index contributed by atoms with van der Waals surface area (Å²) in [6.45, 7) is 11.8. The van der Waals surface area contributed by atoms with E-state index in [1.807, 2.05) is 62.4 Å². The van der Waals surface area contributed by atoms with Crippen LogP contribution in [0, 0.1) is 0 Å². The number of benzene rings is 1. The first-order valence-electron chi connectivity index (χ1n) is 13.2. The smallest absolute Gasteiger partial charge is 0.221 e. The quantitative estimate of drug-likeness (QED) is 0.149. The van der Waals surface area contributed by atoms with Crippen molar-refractivity contribution in [2.24, 2.45) is 4.99 Å². The molecular formula is C33H32N8O. The van der Waals surface area contributed by atoms with Crippen molar-refractivity contribution in [1.82, 2.24) is 30.1 Å². The highest BCUT2D eigenvalue weighted by atomic mass is 16.1. The average molecular weight is 557 g/mol. The van der Waals surface area contributed by atoms with Crippen LogP contribution in [0.5, 0.6) is 0 Å². The predicted molar refractivity (Wildman–Crippen MR) is 172 cm³/mol. The van der Waals surface area contributed by atoms with Gasteiger partial charge in [-0.3, -0.25) is 24.9 Å². The van der Waals surface area contributed by atoms with E-state index in [2.05, 4.69) is 65.9 Å². The Hall–Kier alpha value is -5.70. The van der Waals surface area contributed by atoms with Gasteiger partial charge in [-0.15, -0.1) is 6.58 Å². The molecule has 0 aliphatic carbocycles. The maximum absolute atomic E-state index is 11.4. The molecule has 0 saturated heterocycles. The highest BCUT2D eigenvalue weighted by molar-refractivity contribution is 6.00. The summed E-state index contributed by atoms with van der Waals surface area (Å²) >= 11 is 0. The summed E-state index contributed by atoms with van der Waals surface area (Å²) in [4.78, 5) is 31.6. The van der Waals surface area contributed by atoms with Gasteiger partial charge in [-0.1, -0.05) is 30.4 Å². The maximum atomic E-state index is 11.4. The summed E-state index contributed by atoms with van der Waals surface area (Å²) in [5.41, 5.74) is 7.72. The Morgan fingerprint density at radius 1 is 0.976 bits per heavy atom. The Balaban J connectivity index is 0.000000453. The normalized spacial score (nSPS) is 10.5. The molecule has 0 spiro atoms. The highest BCUT2D eigenvalue weighted by Crippen LogP contribution is 2.34. The predicted octanol–water partition coefficient (Wildman–Crippen LogP) is 7.60. The van der Waals surface area contributed by atoms with Gasteiger partial charge < -0.3 is 10.3 Å². The lowest BCUT2D eigenvalue weighted by Crippen LogP contribution is -2.05. The van der Waals surface area contributed by atoms with Crippen LogP contribution in [0.2, 0.25) is 0 Å². The fourth-order valence-corrected chi connectivity index (χ4v) is 4.27. The van der Waals surface area contributed by atoms with Gasteiger partial charge in [-0.05, 0) is 57.0 Å². The minimum atomic E-state index is -0.145. The summed E-state index contributed by atoms with van der Waals surface area (Å²) in [7, 11) is 0. The van der Waals surface area contributed by atoms with Crippen LogP contribution in [0.4, 0.5) is 5.69 Å². The number of carbonyl (C=O) groups excluding carboxylic acids is 1. The number of carbonyl (C=O) groups is 1. The zero-order valence-corrected chi connectivity index (χ0v) is 23.8. The van der Waals surface area contributed by atoms with Gasteiger partial charge in [0.1, 0.15) is 0 Å². The van der Waals surface area contributed by atoms with Crippen LogP contribution >= 0.6 is 0 Å². The number of anilines is 1. The van der Waals surface area contributed by atoms with Gasteiger partial charge in [0.25, 0.3) is 0 Å². The maximum Gasteiger partial charge on any atom is 0.221 e. The largest absolute Gasteiger partial charge is 0.353 e. The monoisotopic (exact) mass is 556 g/mol. The Bertz CT molecular complexity index is 1850. The number of aliphatic imine (C=N–C) groups is 1. The van der Waals surface area contributed by atoms with Gasteiger partial charge in [-0.25, -0.2) is 4.98 Å². The van der Waals surface area contributed by atoms with Crippen molar-refractivity contribution in [3.05, 3.63) is 104 Å². The van der Waals surface area contributed by atoms with E-state index >= 15 is 0 Å². The molecule has 0 atom stereocenters.